The van der Waals surface area contributed by atoms with E-state index in [0.717, 1.165) is 38.4 Å². The van der Waals surface area contributed by atoms with Crippen molar-refractivity contribution in [1.82, 2.24) is 48.8 Å². The third-order valence-corrected chi connectivity index (χ3v) is 7.03. The van der Waals surface area contributed by atoms with Gasteiger partial charge in [-0.25, -0.2) is 19.0 Å². The van der Waals surface area contributed by atoms with Gasteiger partial charge in [0.1, 0.15) is 11.5 Å². The first kappa shape index (κ1) is 23.2. The number of piperazine rings is 1. The van der Waals surface area contributed by atoms with Gasteiger partial charge in [0.05, 0.1) is 17.7 Å². The molecule has 13 heteroatoms. The van der Waals surface area contributed by atoms with Crippen LogP contribution in [-0.2, 0) is 6.54 Å². The van der Waals surface area contributed by atoms with Crippen LogP contribution in [0.2, 0.25) is 0 Å². The Bertz CT molecular complexity index is 1750. The number of nitrogens with two attached hydrogens (primary N) is 1. The summed E-state index contributed by atoms with van der Waals surface area (Å²) in [6, 6.07) is 12.5. The van der Waals surface area contributed by atoms with Crippen molar-refractivity contribution in [3.8, 4) is 17.2 Å². The molecule has 1 saturated heterocycles. The number of imidazole rings is 1. The van der Waals surface area contributed by atoms with Gasteiger partial charge in [-0.2, -0.15) is 14.6 Å². The molecule has 0 saturated carbocycles. The molecule has 6 heterocycles. The van der Waals surface area contributed by atoms with E-state index in [2.05, 4.69) is 39.9 Å². The van der Waals surface area contributed by atoms with Gasteiger partial charge < -0.3 is 15.2 Å². The molecule has 0 atom stereocenters. The predicted octanol–water partition coefficient (Wildman–Crippen LogP) is 2.27. The van der Waals surface area contributed by atoms with Gasteiger partial charge in [-0.05, 0) is 36.4 Å². The minimum absolute atomic E-state index is 0.223. The largest absolute Gasteiger partial charge is 0.368 e. The van der Waals surface area contributed by atoms with Gasteiger partial charge in [-0.15, -0.1) is 5.10 Å². The molecule has 0 radical (unpaired) electrons. The van der Waals surface area contributed by atoms with E-state index in [-0.39, 0.29) is 11.8 Å². The zero-order valence-electron chi connectivity index (χ0n) is 21.0. The van der Waals surface area contributed by atoms with E-state index in [0.29, 0.717) is 40.6 Å². The molecule has 1 aliphatic heterocycles. The van der Waals surface area contributed by atoms with Crippen LogP contribution >= 0.6 is 0 Å². The van der Waals surface area contributed by atoms with Crippen molar-refractivity contribution in [3.05, 3.63) is 73.2 Å². The number of fused-ring (bicyclic) bond motifs is 3. The maximum atomic E-state index is 14.7. The zero-order valence-corrected chi connectivity index (χ0v) is 21.0. The highest BCUT2D eigenvalue weighted by molar-refractivity contribution is 5.87. The molecule has 6 aromatic rings. The second-order valence-corrected chi connectivity index (χ2v) is 9.38. The first-order valence-electron chi connectivity index (χ1n) is 12.7. The summed E-state index contributed by atoms with van der Waals surface area (Å²) in [5, 5.41) is 8.74. The van der Waals surface area contributed by atoms with Crippen LogP contribution in [0.5, 0.6) is 0 Å². The van der Waals surface area contributed by atoms with Gasteiger partial charge >= 0.3 is 0 Å². The molecule has 5 aromatic heterocycles. The van der Waals surface area contributed by atoms with Crippen molar-refractivity contribution in [3.63, 3.8) is 0 Å². The lowest BCUT2D eigenvalue weighted by Crippen LogP contribution is -2.47. The maximum Gasteiger partial charge on any atom is 0.225 e. The normalized spacial score (nSPS) is 14.5. The quantitative estimate of drug-likeness (QED) is 0.349. The Morgan fingerprint density at radius 2 is 1.79 bits per heavy atom. The molecule has 7 rings (SSSR count). The Kier molecular flexibility index (Phi) is 5.62. The average Bonchev–Trinajstić information content (AvgIpc) is 3.74. The Balaban J connectivity index is 1.05. The summed E-state index contributed by atoms with van der Waals surface area (Å²) >= 11 is 0. The van der Waals surface area contributed by atoms with Crippen LogP contribution in [0.1, 0.15) is 0 Å². The van der Waals surface area contributed by atoms with Crippen LogP contribution in [0, 0.1) is 5.82 Å². The van der Waals surface area contributed by atoms with Gasteiger partial charge in [0.2, 0.25) is 11.8 Å². The zero-order chi connectivity index (χ0) is 26.3. The van der Waals surface area contributed by atoms with Crippen LogP contribution in [0.25, 0.3) is 34.0 Å². The molecular formula is C26H25FN12. The van der Waals surface area contributed by atoms with Crippen LogP contribution in [0.3, 0.4) is 0 Å². The first-order chi connectivity index (χ1) is 19.1. The Labute approximate surface area is 222 Å². The Morgan fingerprint density at radius 3 is 2.59 bits per heavy atom. The van der Waals surface area contributed by atoms with E-state index in [1.165, 1.54) is 10.6 Å². The molecule has 1 fully saturated rings. The second-order valence-electron chi connectivity index (χ2n) is 9.38. The molecule has 0 amide bonds. The molecule has 0 aliphatic carbocycles. The van der Waals surface area contributed by atoms with E-state index in [1.54, 1.807) is 29.5 Å². The lowest BCUT2D eigenvalue weighted by Gasteiger charge is -2.36. The van der Waals surface area contributed by atoms with Crippen LogP contribution in [0.15, 0.2) is 67.4 Å². The van der Waals surface area contributed by atoms with E-state index in [9.17, 15) is 4.39 Å². The highest BCUT2D eigenvalue weighted by Crippen LogP contribution is 2.25. The molecule has 196 valence electrons. The highest BCUT2D eigenvalue weighted by Gasteiger charge is 2.21. The van der Waals surface area contributed by atoms with E-state index < -0.39 is 0 Å². The van der Waals surface area contributed by atoms with Crippen molar-refractivity contribution < 1.29 is 4.39 Å². The number of nitrogen functional groups attached to an aromatic ring is 1. The fourth-order valence-electron chi connectivity index (χ4n) is 4.97. The van der Waals surface area contributed by atoms with Gasteiger partial charge in [0.25, 0.3) is 0 Å². The maximum absolute atomic E-state index is 14.7. The summed E-state index contributed by atoms with van der Waals surface area (Å²) in [6.45, 7) is 4.57. The molecule has 0 bridgehead atoms. The van der Waals surface area contributed by atoms with Crippen LogP contribution < -0.4 is 10.6 Å². The summed E-state index contributed by atoms with van der Waals surface area (Å²) in [6.07, 6.45) is 7.02. The predicted molar refractivity (Wildman–Crippen MR) is 144 cm³/mol. The molecular weight excluding hydrogens is 499 g/mol. The summed E-state index contributed by atoms with van der Waals surface area (Å²) in [7, 11) is 0. The minimum Gasteiger partial charge on any atom is -0.368 e. The van der Waals surface area contributed by atoms with Gasteiger partial charge in [-0.1, -0.05) is 6.07 Å². The third-order valence-electron chi connectivity index (χ3n) is 7.03. The van der Waals surface area contributed by atoms with E-state index in [1.807, 2.05) is 41.1 Å². The number of hydrogen-bond acceptors (Lipinski definition) is 9. The summed E-state index contributed by atoms with van der Waals surface area (Å²) < 4.78 is 19.9. The fourth-order valence-corrected chi connectivity index (χ4v) is 4.97. The minimum atomic E-state index is -0.223. The van der Waals surface area contributed by atoms with Crippen molar-refractivity contribution in [2.45, 2.75) is 6.54 Å². The van der Waals surface area contributed by atoms with Crippen molar-refractivity contribution in [1.29, 1.82) is 0 Å². The smallest absolute Gasteiger partial charge is 0.225 e. The van der Waals surface area contributed by atoms with Gasteiger partial charge in [0, 0.05) is 57.9 Å². The second kappa shape index (κ2) is 9.44. The number of nitrogens with zero attached hydrogens (tertiary/aromatic N) is 11. The number of anilines is 2. The SMILES string of the molecule is Nc1nc2c(ncn2CCN2CCN(c3cc(-n4cccn4)ccc3F)CC2)c2nc(-c3ccccn3)nn12. The lowest BCUT2D eigenvalue weighted by atomic mass is 10.2. The molecule has 39 heavy (non-hydrogen) atoms. The lowest BCUT2D eigenvalue weighted by molar-refractivity contribution is 0.248. The molecule has 0 unspecified atom stereocenters. The molecule has 1 aliphatic rings. The Morgan fingerprint density at radius 1 is 0.897 bits per heavy atom. The van der Waals surface area contributed by atoms with Crippen LogP contribution in [-0.4, -0.2) is 81.5 Å². The number of halogens is 1. The monoisotopic (exact) mass is 524 g/mol. The molecule has 1 aromatic carbocycles. The van der Waals surface area contributed by atoms with Crippen molar-refractivity contribution in [2.24, 2.45) is 0 Å². The van der Waals surface area contributed by atoms with Crippen molar-refractivity contribution in [2.75, 3.05) is 43.4 Å². The molecule has 0 spiro atoms. The molecule has 12 nitrogen and oxygen atoms in total. The van der Waals surface area contributed by atoms with E-state index >= 15 is 0 Å². The average molecular weight is 525 g/mol. The number of aromatic nitrogens is 9. The van der Waals surface area contributed by atoms with Crippen LogP contribution in [0.4, 0.5) is 16.0 Å². The number of rotatable bonds is 6. The summed E-state index contributed by atoms with van der Waals surface area (Å²) in [5.41, 5.74) is 10.2. The Hall–Kier alpha value is -4.91. The summed E-state index contributed by atoms with van der Waals surface area (Å²) in [5.74, 6) is 0.483. The topological polar surface area (TPSA) is 124 Å². The number of hydrogen-bond donors (Lipinski definition) is 1. The molecule has 2 N–H and O–H groups in total. The van der Waals surface area contributed by atoms with Gasteiger partial charge in [-0.3, -0.25) is 9.88 Å². The number of pyridine rings is 1. The van der Waals surface area contributed by atoms with Gasteiger partial charge in [0.15, 0.2) is 16.8 Å². The highest BCUT2D eigenvalue weighted by atomic mass is 19.1. The summed E-state index contributed by atoms with van der Waals surface area (Å²) in [4.78, 5) is 22.6. The third kappa shape index (κ3) is 4.22. The standard InChI is InChI=1S/C26H25FN12/c27-19-6-5-18(38-9-3-8-31-38)16-21(19)36-13-10-35(11-14-36)12-15-37-17-30-22-24(37)33-26(28)39-25(22)32-23(34-39)20-4-1-2-7-29-20/h1-9,16-17H,10-15H2,(H2,28,33). The fraction of sp³-hybridized carbons (Fsp3) is 0.231. The van der Waals surface area contributed by atoms with E-state index in [4.69, 9.17) is 5.73 Å². The van der Waals surface area contributed by atoms with Crippen molar-refractivity contribution >= 4 is 28.4 Å². The first-order valence-corrected chi connectivity index (χ1v) is 12.7. The number of benzene rings is 1.